The van der Waals surface area contributed by atoms with Gasteiger partial charge in [0.25, 0.3) is 0 Å². The molecular formula is C27H30N2O3. The van der Waals surface area contributed by atoms with E-state index in [9.17, 15) is 9.90 Å². The quantitative estimate of drug-likeness (QED) is 0.528. The number of nitrogens with zero attached hydrogens (tertiary/aromatic N) is 1. The van der Waals surface area contributed by atoms with Gasteiger partial charge in [-0.1, -0.05) is 60.7 Å². The molecule has 0 saturated carbocycles. The minimum atomic E-state index is -1.86. The standard InChI is InChI=1S/C27H30N2O3/c30-26(27(31,24-7-3-1-4-8-24)25-9-5-2-6-10-25)32-20-23(22-13-17-29-18-14-22)19-21-11-15-28-16-12-21/h1-10,13-14,17-18,21,23,28,31H,11-12,15-16,19-20H2. The number of benzene rings is 2. The molecule has 2 N–H and O–H groups in total. The molecule has 0 radical (unpaired) electrons. The van der Waals surface area contributed by atoms with E-state index in [4.69, 9.17) is 4.74 Å². The molecule has 0 spiro atoms. The van der Waals surface area contributed by atoms with Crippen molar-refractivity contribution in [2.75, 3.05) is 19.7 Å². The molecule has 0 bridgehead atoms. The highest BCUT2D eigenvalue weighted by Gasteiger charge is 2.42. The molecule has 166 valence electrons. The number of pyridine rings is 1. The van der Waals surface area contributed by atoms with E-state index in [0.717, 1.165) is 37.9 Å². The molecule has 4 rings (SSSR count). The lowest BCUT2D eigenvalue weighted by Crippen LogP contribution is -2.39. The Balaban J connectivity index is 1.56. The summed E-state index contributed by atoms with van der Waals surface area (Å²) in [5.74, 6) is -0.0182. The molecule has 5 nitrogen and oxygen atoms in total. The first-order chi connectivity index (χ1) is 15.7. The summed E-state index contributed by atoms with van der Waals surface area (Å²) in [7, 11) is 0. The largest absolute Gasteiger partial charge is 0.462 e. The maximum atomic E-state index is 13.4. The Labute approximate surface area is 189 Å². The van der Waals surface area contributed by atoms with E-state index < -0.39 is 11.6 Å². The van der Waals surface area contributed by atoms with Gasteiger partial charge in [-0.2, -0.15) is 0 Å². The lowest BCUT2D eigenvalue weighted by Gasteiger charge is -2.30. The van der Waals surface area contributed by atoms with Crippen molar-refractivity contribution in [3.8, 4) is 0 Å². The van der Waals surface area contributed by atoms with E-state index in [-0.39, 0.29) is 12.5 Å². The molecule has 1 unspecified atom stereocenters. The van der Waals surface area contributed by atoms with Gasteiger partial charge in [-0.3, -0.25) is 4.98 Å². The second-order valence-corrected chi connectivity index (χ2v) is 8.45. The van der Waals surface area contributed by atoms with Gasteiger partial charge >= 0.3 is 5.97 Å². The van der Waals surface area contributed by atoms with Gasteiger partial charge in [-0.05, 0) is 67.1 Å². The molecule has 1 aliphatic rings. The first-order valence-electron chi connectivity index (χ1n) is 11.3. The van der Waals surface area contributed by atoms with Crippen LogP contribution in [0.5, 0.6) is 0 Å². The van der Waals surface area contributed by atoms with Crippen LogP contribution >= 0.6 is 0 Å². The van der Waals surface area contributed by atoms with Gasteiger partial charge in [0.2, 0.25) is 5.60 Å². The number of carbonyl (C=O) groups is 1. The fourth-order valence-corrected chi connectivity index (χ4v) is 4.50. The summed E-state index contributed by atoms with van der Waals surface area (Å²) in [4.78, 5) is 17.5. The maximum absolute atomic E-state index is 13.4. The first-order valence-corrected chi connectivity index (χ1v) is 11.3. The Morgan fingerprint density at radius 1 is 0.969 bits per heavy atom. The van der Waals surface area contributed by atoms with Crippen LogP contribution in [-0.4, -0.2) is 35.8 Å². The zero-order valence-corrected chi connectivity index (χ0v) is 18.2. The van der Waals surface area contributed by atoms with E-state index >= 15 is 0 Å². The SMILES string of the molecule is O=C(OCC(CC1CCNCC1)c1ccncc1)C(O)(c1ccccc1)c1ccccc1. The van der Waals surface area contributed by atoms with E-state index in [2.05, 4.69) is 10.3 Å². The number of carbonyl (C=O) groups excluding carboxylic acids is 1. The number of aliphatic hydroxyl groups is 1. The van der Waals surface area contributed by atoms with Gasteiger partial charge in [-0.25, -0.2) is 4.79 Å². The summed E-state index contributed by atoms with van der Waals surface area (Å²) in [5, 5.41) is 15.0. The van der Waals surface area contributed by atoms with Crippen LogP contribution in [0.15, 0.2) is 85.2 Å². The molecule has 0 aliphatic carbocycles. The molecule has 1 atom stereocenters. The Morgan fingerprint density at radius 3 is 2.09 bits per heavy atom. The zero-order chi connectivity index (χ0) is 22.2. The van der Waals surface area contributed by atoms with Crippen LogP contribution < -0.4 is 5.32 Å². The molecular weight excluding hydrogens is 400 g/mol. The third-order valence-corrected chi connectivity index (χ3v) is 6.35. The van der Waals surface area contributed by atoms with Crippen molar-refractivity contribution in [1.82, 2.24) is 10.3 Å². The van der Waals surface area contributed by atoms with E-state index in [1.165, 1.54) is 0 Å². The minimum absolute atomic E-state index is 0.0563. The van der Waals surface area contributed by atoms with E-state index in [1.807, 2.05) is 48.5 Å². The van der Waals surface area contributed by atoms with Crippen molar-refractivity contribution in [2.24, 2.45) is 5.92 Å². The first kappa shape index (κ1) is 22.2. The van der Waals surface area contributed by atoms with Crippen molar-refractivity contribution < 1.29 is 14.6 Å². The molecule has 1 aliphatic heterocycles. The lowest BCUT2D eigenvalue weighted by molar-refractivity contribution is -0.163. The number of hydrogen-bond donors (Lipinski definition) is 2. The van der Waals surface area contributed by atoms with Gasteiger partial charge in [0.1, 0.15) is 0 Å². The Kier molecular flexibility index (Phi) is 7.30. The highest BCUT2D eigenvalue weighted by atomic mass is 16.5. The number of piperidine rings is 1. The Morgan fingerprint density at radius 2 is 1.53 bits per heavy atom. The predicted molar refractivity (Wildman–Crippen MR) is 124 cm³/mol. The lowest BCUT2D eigenvalue weighted by atomic mass is 9.84. The molecule has 3 aromatic rings. The van der Waals surface area contributed by atoms with E-state index in [1.54, 1.807) is 36.7 Å². The fraction of sp³-hybridized carbons (Fsp3) is 0.333. The number of rotatable bonds is 8. The van der Waals surface area contributed by atoms with Crippen molar-refractivity contribution >= 4 is 5.97 Å². The van der Waals surface area contributed by atoms with Crippen LogP contribution in [0, 0.1) is 5.92 Å². The van der Waals surface area contributed by atoms with Gasteiger partial charge in [0.05, 0.1) is 6.61 Å². The number of nitrogens with one attached hydrogen (secondary N) is 1. The van der Waals surface area contributed by atoms with Crippen LogP contribution in [0.2, 0.25) is 0 Å². The van der Waals surface area contributed by atoms with Crippen molar-refractivity contribution in [1.29, 1.82) is 0 Å². The predicted octanol–water partition coefficient (Wildman–Crippen LogP) is 4.03. The monoisotopic (exact) mass is 430 g/mol. The van der Waals surface area contributed by atoms with Crippen LogP contribution in [0.25, 0.3) is 0 Å². The number of hydrogen-bond acceptors (Lipinski definition) is 5. The highest BCUT2D eigenvalue weighted by Crippen LogP contribution is 2.33. The second-order valence-electron chi connectivity index (χ2n) is 8.45. The number of ether oxygens (including phenoxy) is 1. The zero-order valence-electron chi connectivity index (χ0n) is 18.2. The highest BCUT2D eigenvalue weighted by molar-refractivity contribution is 5.85. The van der Waals surface area contributed by atoms with Crippen LogP contribution in [0.1, 0.15) is 41.9 Å². The van der Waals surface area contributed by atoms with Crippen LogP contribution in [-0.2, 0) is 15.1 Å². The molecule has 1 saturated heterocycles. The fourth-order valence-electron chi connectivity index (χ4n) is 4.50. The summed E-state index contributed by atoms with van der Waals surface area (Å²) in [5.41, 5.74) is 0.236. The van der Waals surface area contributed by atoms with Gasteiger partial charge in [0.15, 0.2) is 0 Å². The molecule has 2 heterocycles. The maximum Gasteiger partial charge on any atom is 0.347 e. The van der Waals surface area contributed by atoms with Gasteiger partial charge in [0, 0.05) is 18.3 Å². The van der Waals surface area contributed by atoms with E-state index in [0.29, 0.717) is 17.0 Å². The smallest absolute Gasteiger partial charge is 0.347 e. The average molecular weight is 431 g/mol. The molecule has 0 amide bonds. The second kappa shape index (κ2) is 10.5. The Bertz CT molecular complexity index is 934. The minimum Gasteiger partial charge on any atom is -0.462 e. The van der Waals surface area contributed by atoms with Crippen molar-refractivity contribution in [3.63, 3.8) is 0 Å². The van der Waals surface area contributed by atoms with Gasteiger partial charge < -0.3 is 15.2 Å². The molecule has 5 heteroatoms. The summed E-state index contributed by atoms with van der Waals surface area (Å²) in [6, 6.07) is 22.0. The molecule has 32 heavy (non-hydrogen) atoms. The molecule has 2 aromatic carbocycles. The number of aromatic nitrogens is 1. The summed E-state index contributed by atoms with van der Waals surface area (Å²) in [6.07, 6.45) is 6.72. The van der Waals surface area contributed by atoms with Crippen LogP contribution in [0.3, 0.4) is 0 Å². The third-order valence-electron chi connectivity index (χ3n) is 6.35. The van der Waals surface area contributed by atoms with Crippen molar-refractivity contribution in [2.45, 2.75) is 30.8 Å². The topological polar surface area (TPSA) is 71.5 Å². The Hall–Kier alpha value is -3.02. The summed E-state index contributed by atoms with van der Waals surface area (Å²) < 4.78 is 5.85. The van der Waals surface area contributed by atoms with Crippen molar-refractivity contribution in [3.05, 3.63) is 102 Å². The summed E-state index contributed by atoms with van der Waals surface area (Å²) >= 11 is 0. The normalized spacial score (nSPS) is 15.8. The van der Waals surface area contributed by atoms with Gasteiger partial charge in [-0.15, -0.1) is 0 Å². The average Bonchev–Trinajstić information content (AvgIpc) is 2.88. The number of esters is 1. The summed E-state index contributed by atoms with van der Waals surface area (Å²) in [6.45, 7) is 2.26. The third kappa shape index (κ3) is 5.06. The molecule has 1 aromatic heterocycles. The van der Waals surface area contributed by atoms with Crippen LogP contribution in [0.4, 0.5) is 0 Å². The molecule has 1 fully saturated rings.